The van der Waals surface area contributed by atoms with Gasteiger partial charge < -0.3 is 5.11 Å². The van der Waals surface area contributed by atoms with Crippen LogP contribution in [-0.4, -0.2) is 34.7 Å². The molecule has 1 aromatic heterocycles. The van der Waals surface area contributed by atoms with Crippen LogP contribution in [0.15, 0.2) is 11.7 Å². The molecule has 2 rings (SSSR count). The van der Waals surface area contributed by atoms with E-state index in [4.69, 9.17) is 5.11 Å². The van der Waals surface area contributed by atoms with Gasteiger partial charge in [0.05, 0.1) is 5.51 Å². The van der Waals surface area contributed by atoms with Gasteiger partial charge in [-0.3, -0.25) is 9.88 Å². The summed E-state index contributed by atoms with van der Waals surface area (Å²) in [4.78, 5) is 7.75. The first-order valence-corrected chi connectivity index (χ1v) is 5.47. The SMILES string of the molecule is OC[C@@H]1CCN(Cc2cncs2)C1. The fourth-order valence-corrected chi connectivity index (χ4v) is 2.38. The van der Waals surface area contributed by atoms with E-state index in [1.165, 1.54) is 4.88 Å². The Morgan fingerprint density at radius 2 is 2.62 bits per heavy atom. The van der Waals surface area contributed by atoms with Crippen LogP contribution in [0.3, 0.4) is 0 Å². The van der Waals surface area contributed by atoms with Gasteiger partial charge in [0, 0.05) is 30.8 Å². The van der Waals surface area contributed by atoms with Gasteiger partial charge in [-0.1, -0.05) is 0 Å². The van der Waals surface area contributed by atoms with Crippen molar-refractivity contribution in [3.63, 3.8) is 0 Å². The highest BCUT2D eigenvalue weighted by atomic mass is 32.1. The van der Waals surface area contributed by atoms with Gasteiger partial charge >= 0.3 is 0 Å². The van der Waals surface area contributed by atoms with Gasteiger partial charge in [0.1, 0.15) is 0 Å². The molecule has 0 unspecified atom stereocenters. The predicted octanol–water partition coefficient (Wildman–Crippen LogP) is 0.957. The van der Waals surface area contributed by atoms with Crippen molar-refractivity contribution in [3.05, 3.63) is 16.6 Å². The molecule has 1 aliphatic rings. The molecule has 1 aliphatic heterocycles. The van der Waals surface area contributed by atoms with Crippen LogP contribution in [0.2, 0.25) is 0 Å². The molecule has 3 nitrogen and oxygen atoms in total. The minimum atomic E-state index is 0.333. The zero-order chi connectivity index (χ0) is 9.10. The van der Waals surface area contributed by atoms with Crippen molar-refractivity contribution < 1.29 is 5.11 Å². The Balaban J connectivity index is 1.84. The van der Waals surface area contributed by atoms with Crippen LogP contribution in [-0.2, 0) is 6.54 Å². The number of aliphatic hydroxyl groups is 1. The van der Waals surface area contributed by atoms with Gasteiger partial charge in [-0.2, -0.15) is 0 Å². The molecule has 0 saturated carbocycles. The smallest absolute Gasteiger partial charge is 0.0794 e. The number of hydrogen-bond acceptors (Lipinski definition) is 4. The highest BCUT2D eigenvalue weighted by Gasteiger charge is 2.21. The lowest BCUT2D eigenvalue weighted by Gasteiger charge is -2.13. The number of likely N-dealkylation sites (tertiary alicyclic amines) is 1. The van der Waals surface area contributed by atoms with E-state index in [9.17, 15) is 0 Å². The van der Waals surface area contributed by atoms with E-state index < -0.39 is 0 Å². The lowest BCUT2D eigenvalue weighted by Crippen LogP contribution is -2.20. The molecule has 1 aromatic rings. The van der Waals surface area contributed by atoms with Gasteiger partial charge in [0.2, 0.25) is 0 Å². The second-order valence-corrected chi connectivity index (χ2v) is 4.51. The molecule has 72 valence electrons. The summed E-state index contributed by atoms with van der Waals surface area (Å²) >= 11 is 1.70. The van der Waals surface area contributed by atoms with E-state index >= 15 is 0 Å². The molecular formula is C9H14N2OS. The van der Waals surface area contributed by atoms with Gasteiger partial charge in [-0.05, 0) is 18.9 Å². The third-order valence-electron chi connectivity index (χ3n) is 2.49. The Morgan fingerprint density at radius 3 is 3.23 bits per heavy atom. The Kier molecular flexibility index (Phi) is 2.93. The molecule has 1 saturated heterocycles. The third-order valence-corrected chi connectivity index (χ3v) is 3.26. The summed E-state index contributed by atoms with van der Waals surface area (Å²) in [5.74, 6) is 0.493. The largest absolute Gasteiger partial charge is 0.396 e. The Labute approximate surface area is 82.0 Å². The molecule has 0 spiro atoms. The van der Waals surface area contributed by atoms with Crippen LogP contribution in [0.5, 0.6) is 0 Å². The fourth-order valence-electron chi connectivity index (χ4n) is 1.75. The quantitative estimate of drug-likeness (QED) is 0.786. The van der Waals surface area contributed by atoms with Gasteiger partial charge in [0.15, 0.2) is 0 Å². The minimum Gasteiger partial charge on any atom is -0.396 e. The molecule has 0 aliphatic carbocycles. The van der Waals surface area contributed by atoms with Crippen molar-refractivity contribution in [2.45, 2.75) is 13.0 Å². The summed E-state index contributed by atoms with van der Waals surface area (Å²) in [6, 6.07) is 0. The predicted molar refractivity (Wildman–Crippen MR) is 52.6 cm³/mol. The highest BCUT2D eigenvalue weighted by Crippen LogP contribution is 2.19. The first-order chi connectivity index (χ1) is 6.38. The molecular weight excluding hydrogens is 184 g/mol. The van der Waals surface area contributed by atoms with Crippen LogP contribution in [0.25, 0.3) is 0 Å². The molecule has 4 heteroatoms. The average Bonchev–Trinajstić information content (AvgIpc) is 2.76. The van der Waals surface area contributed by atoms with Crippen molar-refractivity contribution in [3.8, 4) is 0 Å². The summed E-state index contributed by atoms with van der Waals surface area (Å²) < 4.78 is 0. The molecule has 0 amide bonds. The highest BCUT2D eigenvalue weighted by molar-refractivity contribution is 7.09. The summed E-state index contributed by atoms with van der Waals surface area (Å²) in [6.45, 7) is 3.48. The maximum atomic E-state index is 8.97. The van der Waals surface area contributed by atoms with Crippen molar-refractivity contribution in [2.24, 2.45) is 5.92 Å². The zero-order valence-corrected chi connectivity index (χ0v) is 8.33. The Morgan fingerprint density at radius 1 is 1.69 bits per heavy atom. The van der Waals surface area contributed by atoms with Crippen molar-refractivity contribution in [1.29, 1.82) is 0 Å². The van der Waals surface area contributed by atoms with Crippen LogP contribution in [0, 0.1) is 5.92 Å². The molecule has 13 heavy (non-hydrogen) atoms. The van der Waals surface area contributed by atoms with Gasteiger partial charge in [-0.15, -0.1) is 11.3 Å². The second-order valence-electron chi connectivity index (χ2n) is 3.54. The van der Waals surface area contributed by atoms with Crippen LogP contribution >= 0.6 is 11.3 Å². The third kappa shape index (κ3) is 2.27. The molecule has 1 atom stereocenters. The number of nitrogens with zero attached hydrogens (tertiary/aromatic N) is 2. The number of aromatic nitrogens is 1. The van der Waals surface area contributed by atoms with E-state index in [-0.39, 0.29) is 0 Å². The maximum absolute atomic E-state index is 8.97. The summed E-state index contributed by atoms with van der Waals surface area (Å²) in [6.07, 6.45) is 3.06. The van der Waals surface area contributed by atoms with E-state index in [2.05, 4.69) is 9.88 Å². The fraction of sp³-hybridized carbons (Fsp3) is 0.667. The van der Waals surface area contributed by atoms with Gasteiger partial charge in [-0.25, -0.2) is 0 Å². The maximum Gasteiger partial charge on any atom is 0.0794 e. The number of rotatable bonds is 3. The number of aliphatic hydroxyl groups excluding tert-OH is 1. The van der Waals surface area contributed by atoms with Crippen molar-refractivity contribution in [2.75, 3.05) is 19.7 Å². The number of hydrogen-bond donors (Lipinski definition) is 1. The van der Waals surface area contributed by atoms with Gasteiger partial charge in [0.25, 0.3) is 0 Å². The monoisotopic (exact) mass is 198 g/mol. The van der Waals surface area contributed by atoms with Crippen LogP contribution < -0.4 is 0 Å². The summed E-state index contributed by atoms with van der Waals surface area (Å²) in [7, 11) is 0. The standard InChI is InChI=1S/C9H14N2OS/c12-6-8-1-2-11(4-8)5-9-3-10-7-13-9/h3,7-8,12H,1-2,4-6H2/t8-/m1/s1. The summed E-state index contributed by atoms with van der Waals surface area (Å²) in [5, 5.41) is 8.97. The normalized spacial score (nSPS) is 23.9. The van der Waals surface area contributed by atoms with Crippen molar-refractivity contribution in [1.82, 2.24) is 9.88 Å². The molecule has 0 radical (unpaired) electrons. The molecule has 1 fully saturated rings. The average molecular weight is 198 g/mol. The number of thiazole rings is 1. The molecule has 2 heterocycles. The Hall–Kier alpha value is -0.450. The van der Waals surface area contributed by atoms with Crippen LogP contribution in [0.1, 0.15) is 11.3 Å². The zero-order valence-electron chi connectivity index (χ0n) is 7.52. The Bertz CT molecular complexity index is 250. The first kappa shape index (κ1) is 9.12. The minimum absolute atomic E-state index is 0.333. The van der Waals surface area contributed by atoms with E-state index in [0.717, 1.165) is 26.1 Å². The lowest BCUT2D eigenvalue weighted by molar-refractivity contribution is 0.220. The van der Waals surface area contributed by atoms with E-state index in [1.807, 2.05) is 11.7 Å². The van der Waals surface area contributed by atoms with Crippen LogP contribution in [0.4, 0.5) is 0 Å². The van der Waals surface area contributed by atoms with E-state index in [0.29, 0.717) is 12.5 Å². The first-order valence-electron chi connectivity index (χ1n) is 4.59. The lowest BCUT2D eigenvalue weighted by atomic mass is 10.1. The summed E-state index contributed by atoms with van der Waals surface area (Å²) in [5.41, 5.74) is 1.87. The molecule has 1 N–H and O–H groups in total. The van der Waals surface area contributed by atoms with E-state index in [1.54, 1.807) is 11.3 Å². The molecule has 0 bridgehead atoms. The molecule has 0 aromatic carbocycles. The topological polar surface area (TPSA) is 36.4 Å². The van der Waals surface area contributed by atoms with Crippen molar-refractivity contribution >= 4 is 11.3 Å². The second kappa shape index (κ2) is 4.17.